The van der Waals surface area contributed by atoms with Crippen LogP contribution < -0.4 is 5.32 Å². The molecule has 7 heteroatoms. The van der Waals surface area contributed by atoms with Crippen molar-refractivity contribution in [2.24, 2.45) is 11.3 Å². The summed E-state index contributed by atoms with van der Waals surface area (Å²) in [6.45, 7) is 2.69. The third-order valence-corrected chi connectivity index (χ3v) is 5.80. The van der Waals surface area contributed by atoms with Crippen molar-refractivity contribution in [2.45, 2.75) is 45.1 Å². The molecule has 1 spiro atoms. The molecule has 1 aromatic heterocycles. The van der Waals surface area contributed by atoms with Gasteiger partial charge in [-0.15, -0.1) is 0 Å². The third-order valence-electron chi connectivity index (χ3n) is 5.80. The average Bonchev–Trinajstić information content (AvgIpc) is 2.90. The number of hydrogen-bond donors (Lipinski definition) is 2. The Hall–Kier alpha value is -2.18. The molecule has 2 atom stereocenters. The molecule has 0 bridgehead atoms. The molecular formula is C17H22N4O3. The minimum atomic E-state index is -0.168. The van der Waals surface area contributed by atoms with Gasteiger partial charge in [0.2, 0.25) is 5.91 Å². The first-order valence-electron chi connectivity index (χ1n) is 8.64. The number of aromatic amines is 1. The fraction of sp³-hybridized carbons (Fsp3) is 0.647. The molecule has 2 saturated carbocycles. The van der Waals surface area contributed by atoms with Gasteiger partial charge in [0.05, 0.1) is 0 Å². The SMILES string of the molecule is CC(=O)c1cc(C(=O)N2CCC3(CC3C(=O)NC3CCC3)C2)[nH]n1. The summed E-state index contributed by atoms with van der Waals surface area (Å²) in [5.74, 6) is -0.102. The highest BCUT2D eigenvalue weighted by Gasteiger charge is 2.61. The van der Waals surface area contributed by atoms with Gasteiger partial charge in [-0.05, 0) is 38.2 Å². The number of carbonyl (C=O) groups is 3. The van der Waals surface area contributed by atoms with Crippen molar-refractivity contribution in [2.75, 3.05) is 13.1 Å². The van der Waals surface area contributed by atoms with Crippen LogP contribution in [-0.2, 0) is 4.79 Å². The largest absolute Gasteiger partial charge is 0.353 e. The molecule has 2 amide bonds. The second-order valence-electron chi connectivity index (χ2n) is 7.46. The summed E-state index contributed by atoms with van der Waals surface area (Å²) in [6, 6.07) is 1.87. The van der Waals surface area contributed by atoms with Gasteiger partial charge < -0.3 is 10.2 Å². The summed E-state index contributed by atoms with van der Waals surface area (Å²) in [5, 5.41) is 9.64. The number of Topliss-reactive ketones (excluding diaryl/α,β-unsaturated/α-hetero) is 1. The van der Waals surface area contributed by atoms with E-state index in [2.05, 4.69) is 15.5 Å². The maximum atomic E-state index is 12.6. The molecule has 2 N–H and O–H groups in total. The molecule has 1 aromatic rings. The number of nitrogens with zero attached hydrogens (tertiary/aromatic N) is 2. The molecule has 2 unspecified atom stereocenters. The number of likely N-dealkylation sites (tertiary alicyclic amines) is 1. The van der Waals surface area contributed by atoms with Crippen molar-refractivity contribution in [1.82, 2.24) is 20.4 Å². The van der Waals surface area contributed by atoms with E-state index in [1.165, 1.54) is 19.4 Å². The minimum Gasteiger partial charge on any atom is -0.353 e. The van der Waals surface area contributed by atoms with E-state index in [4.69, 9.17) is 0 Å². The first-order valence-corrected chi connectivity index (χ1v) is 8.64. The van der Waals surface area contributed by atoms with Crippen molar-refractivity contribution in [1.29, 1.82) is 0 Å². The Morgan fingerprint density at radius 2 is 2.17 bits per heavy atom. The Kier molecular flexibility index (Phi) is 3.47. The molecule has 3 fully saturated rings. The Bertz CT molecular complexity index is 708. The van der Waals surface area contributed by atoms with E-state index < -0.39 is 0 Å². The number of ketones is 1. The molecule has 1 aliphatic heterocycles. The van der Waals surface area contributed by atoms with Crippen LogP contribution in [0.3, 0.4) is 0 Å². The second-order valence-corrected chi connectivity index (χ2v) is 7.46. The van der Waals surface area contributed by atoms with Crippen molar-refractivity contribution < 1.29 is 14.4 Å². The zero-order chi connectivity index (χ0) is 16.9. The summed E-state index contributed by atoms with van der Waals surface area (Å²) in [6.07, 6.45) is 5.13. The number of hydrogen-bond acceptors (Lipinski definition) is 4. The van der Waals surface area contributed by atoms with Crippen LogP contribution in [-0.4, -0.2) is 51.8 Å². The molecule has 1 saturated heterocycles. The fourth-order valence-corrected chi connectivity index (χ4v) is 3.87. The minimum absolute atomic E-state index is 0.0348. The van der Waals surface area contributed by atoms with Crippen molar-refractivity contribution in [3.05, 3.63) is 17.5 Å². The Morgan fingerprint density at radius 3 is 2.79 bits per heavy atom. The molecule has 0 radical (unpaired) electrons. The number of nitrogens with one attached hydrogen (secondary N) is 2. The molecule has 0 aromatic carbocycles. The van der Waals surface area contributed by atoms with Crippen LogP contribution >= 0.6 is 0 Å². The first-order chi connectivity index (χ1) is 11.5. The fourth-order valence-electron chi connectivity index (χ4n) is 3.87. The Morgan fingerprint density at radius 1 is 1.38 bits per heavy atom. The number of aromatic nitrogens is 2. The highest BCUT2D eigenvalue weighted by Crippen LogP contribution is 2.58. The van der Waals surface area contributed by atoms with Crippen molar-refractivity contribution in [3.63, 3.8) is 0 Å². The maximum Gasteiger partial charge on any atom is 0.271 e. The predicted octanol–water partition coefficient (Wildman–Crippen LogP) is 1.13. The smallest absolute Gasteiger partial charge is 0.271 e. The standard InChI is InChI=1S/C17H22N4O3/c1-10(22)13-7-14(20-19-13)16(24)21-6-5-17(9-21)8-12(17)15(23)18-11-3-2-4-11/h7,11-12H,2-6,8-9H2,1H3,(H,18,23)(H,19,20). The van der Waals surface area contributed by atoms with E-state index in [9.17, 15) is 14.4 Å². The average molecular weight is 330 g/mol. The van der Waals surface area contributed by atoms with E-state index >= 15 is 0 Å². The first kappa shape index (κ1) is 15.4. The number of H-pyrrole nitrogens is 1. The van der Waals surface area contributed by atoms with Crippen LogP contribution in [0.15, 0.2) is 6.07 Å². The lowest BCUT2D eigenvalue weighted by atomic mass is 9.92. The molecule has 2 aliphatic carbocycles. The molecule has 24 heavy (non-hydrogen) atoms. The summed E-state index contributed by atoms with van der Waals surface area (Å²) < 4.78 is 0. The molecule has 3 aliphatic rings. The van der Waals surface area contributed by atoms with Crippen LogP contribution in [0, 0.1) is 11.3 Å². The third kappa shape index (κ3) is 2.52. The number of carbonyl (C=O) groups excluding carboxylic acids is 3. The van der Waals surface area contributed by atoms with E-state index in [0.717, 1.165) is 25.7 Å². The molecule has 7 nitrogen and oxygen atoms in total. The molecule has 4 rings (SSSR count). The summed E-state index contributed by atoms with van der Waals surface area (Å²) >= 11 is 0. The van der Waals surface area contributed by atoms with Crippen LogP contribution in [0.25, 0.3) is 0 Å². The van der Waals surface area contributed by atoms with Gasteiger partial charge >= 0.3 is 0 Å². The maximum absolute atomic E-state index is 12.6. The summed E-state index contributed by atoms with van der Waals surface area (Å²) in [7, 11) is 0. The van der Waals surface area contributed by atoms with Crippen LogP contribution in [0.5, 0.6) is 0 Å². The highest BCUT2D eigenvalue weighted by molar-refractivity contribution is 5.97. The Labute approximate surface area is 140 Å². The van der Waals surface area contributed by atoms with Gasteiger partial charge in [-0.1, -0.05) is 0 Å². The monoisotopic (exact) mass is 330 g/mol. The molecular weight excluding hydrogens is 308 g/mol. The van der Waals surface area contributed by atoms with E-state index in [-0.39, 0.29) is 34.6 Å². The predicted molar refractivity (Wildman–Crippen MR) is 85.4 cm³/mol. The quantitative estimate of drug-likeness (QED) is 0.809. The van der Waals surface area contributed by atoms with Gasteiger partial charge in [0, 0.05) is 37.4 Å². The van der Waals surface area contributed by atoms with Gasteiger partial charge in [0.25, 0.3) is 5.91 Å². The molecule has 128 valence electrons. The van der Waals surface area contributed by atoms with E-state index in [1.54, 1.807) is 4.90 Å². The zero-order valence-electron chi connectivity index (χ0n) is 13.8. The van der Waals surface area contributed by atoms with Crippen LogP contribution in [0.2, 0.25) is 0 Å². The van der Waals surface area contributed by atoms with Gasteiger partial charge in [0.15, 0.2) is 5.78 Å². The second kappa shape index (κ2) is 5.43. The van der Waals surface area contributed by atoms with Crippen molar-refractivity contribution >= 4 is 17.6 Å². The lowest BCUT2D eigenvalue weighted by molar-refractivity contribution is -0.124. The highest BCUT2D eigenvalue weighted by atomic mass is 16.2. The van der Waals surface area contributed by atoms with Gasteiger partial charge in [-0.2, -0.15) is 5.10 Å². The van der Waals surface area contributed by atoms with Crippen LogP contribution in [0.4, 0.5) is 0 Å². The van der Waals surface area contributed by atoms with E-state index in [0.29, 0.717) is 24.8 Å². The van der Waals surface area contributed by atoms with Crippen LogP contribution in [0.1, 0.15) is 60.0 Å². The number of amides is 2. The van der Waals surface area contributed by atoms with Gasteiger partial charge in [0.1, 0.15) is 11.4 Å². The normalized spacial score (nSPS) is 28.7. The lowest BCUT2D eigenvalue weighted by Gasteiger charge is -2.26. The Balaban J connectivity index is 1.37. The summed E-state index contributed by atoms with van der Waals surface area (Å²) in [5.41, 5.74) is 0.581. The topological polar surface area (TPSA) is 95.2 Å². The van der Waals surface area contributed by atoms with Crippen molar-refractivity contribution in [3.8, 4) is 0 Å². The number of rotatable bonds is 4. The lowest BCUT2D eigenvalue weighted by Crippen LogP contribution is -2.41. The van der Waals surface area contributed by atoms with E-state index in [1.807, 2.05) is 0 Å². The zero-order valence-corrected chi connectivity index (χ0v) is 13.8. The summed E-state index contributed by atoms with van der Waals surface area (Å²) in [4.78, 5) is 37.9. The molecule has 2 heterocycles. The van der Waals surface area contributed by atoms with Gasteiger partial charge in [-0.3, -0.25) is 19.5 Å². The van der Waals surface area contributed by atoms with Gasteiger partial charge in [-0.25, -0.2) is 0 Å².